The minimum Gasteiger partial charge on any atom is -0.376 e. The lowest BCUT2D eigenvalue weighted by molar-refractivity contribution is -0.0842. The fraction of sp³-hybridized carbons (Fsp3) is 0.737. The largest absolute Gasteiger partial charge is 0.376 e. The third-order valence-corrected chi connectivity index (χ3v) is 7.12. The third-order valence-electron chi connectivity index (χ3n) is 7.12. The molecule has 6 rings (SSSR count). The highest BCUT2D eigenvalue weighted by molar-refractivity contribution is 5.67. The molecule has 0 saturated heterocycles. The second-order valence-electron chi connectivity index (χ2n) is 9.18. The smallest absolute Gasteiger partial charge is 0.200 e. The number of fused-ring (bicyclic) bond motifs is 1. The molecule has 2 aromatic heterocycles. The van der Waals surface area contributed by atoms with Crippen LogP contribution >= 0.6 is 0 Å². The van der Waals surface area contributed by atoms with Gasteiger partial charge in [-0.05, 0) is 74.7 Å². The average Bonchev–Trinajstić information content (AvgIpc) is 2.93. The van der Waals surface area contributed by atoms with Crippen LogP contribution in [0.25, 0.3) is 5.65 Å². The molecular formula is C19H27N5. The Labute approximate surface area is 143 Å². The molecule has 0 radical (unpaired) electrons. The van der Waals surface area contributed by atoms with Crippen LogP contribution in [0.15, 0.2) is 12.4 Å². The summed E-state index contributed by atoms with van der Waals surface area (Å²) in [6.45, 7) is 6.92. The maximum absolute atomic E-state index is 4.48. The van der Waals surface area contributed by atoms with Crippen molar-refractivity contribution in [3.05, 3.63) is 18.1 Å². The zero-order chi connectivity index (χ0) is 16.5. The van der Waals surface area contributed by atoms with Crippen molar-refractivity contribution >= 4 is 11.3 Å². The Balaban J connectivity index is 1.55. The van der Waals surface area contributed by atoms with Gasteiger partial charge < -0.3 is 5.32 Å². The van der Waals surface area contributed by atoms with Gasteiger partial charge in [0.1, 0.15) is 6.33 Å². The number of hydrogen-bond acceptors (Lipinski definition) is 4. The first-order chi connectivity index (χ1) is 11.5. The SMILES string of the molecule is Cc1cc(NC23CC4CC(C2)CC(C(C)C)(C4)C3)c2nncn2n1. The van der Waals surface area contributed by atoms with E-state index in [0.29, 0.717) is 5.41 Å². The normalized spacial score (nSPS) is 37.5. The Morgan fingerprint density at radius 3 is 2.67 bits per heavy atom. The molecule has 2 heterocycles. The summed E-state index contributed by atoms with van der Waals surface area (Å²) in [6.07, 6.45) is 9.99. The van der Waals surface area contributed by atoms with Crippen LogP contribution in [0.4, 0.5) is 5.69 Å². The summed E-state index contributed by atoms with van der Waals surface area (Å²) in [5, 5.41) is 16.8. The summed E-state index contributed by atoms with van der Waals surface area (Å²) in [5.41, 5.74) is 3.77. The number of anilines is 1. The third kappa shape index (κ3) is 2.02. The van der Waals surface area contributed by atoms with Gasteiger partial charge in [0.15, 0.2) is 0 Å². The first-order valence-electron chi connectivity index (χ1n) is 9.43. The molecule has 24 heavy (non-hydrogen) atoms. The van der Waals surface area contributed by atoms with Gasteiger partial charge in [-0.1, -0.05) is 13.8 Å². The summed E-state index contributed by atoms with van der Waals surface area (Å²) in [6, 6.07) is 2.14. The molecule has 2 atom stereocenters. The number of nitrogens with one attached hydrogen (secondary N) is 1. The van der Waals surface area contributed by atoms with E-state index >= 15 is 0 Å². The minimum absolute atomic E-state index is 0.245. The number of hydrogen-bond donors (Lipinski definition) is 1. The van der Waals surface area contributed by atoms with Crippen molar-refractivity contribution in [1.29, 1.82) is 0 Å². The molecule has 0 aliphatic heterocycles. The van der Waals surface area contributed by atoms with E-state index in [1.165, 1.54) is 38.5 Å². The molecule has 4 saturated carbocycles. The zero-order valence-corrected chi connectivity index (χ0v) is 14.9. The van der Waals surface area contributed by atoms with E-state index in [0.717, 1.165) is 34.8 Å². The lowest BCUT2D eigenvalue weighted by Gasteiger charge is -2.64. The van der Waals surface area contributed by atoms with Gasteiger partial charge in [-0.15, -0.1) is 10.2 Å². The molecule has 4 aliphatic rings. The molecule has 4 fully saturated rings. The molecule has 0 aromatic carbocycles. The standard InChI is InChI=1S/C19H27N5/c1-12(2)18-6-14-5-15(7-18)9-19(8-14,10-18)21-16-4-13(3)23-24-11-20-22-17(16)24/h4,11-12,14-15,21H,5-10H2,1-3H3. The van der Waals surface area contributed by atoms with Gasteiger partial charge in [-0.25, -0.2) is 0 Å². The van der Waals surface area contributed by atoms with Crippen molar-refractivity contribution in [1.82, 2.24) is 19.8 Å². The average molecular weight is 325 g/mol. The molecular weight excluding hydrogens is 298 g/mol. The van der Waals surface area contributed by atoms with Crippen LogP contribution in [0.5, 0.6) is 0 Å². The molecule has 0 spiro atoms. The zero-order valence-electron chi connectivity index (χ0n) is 14.9. The van der Waals surface area contributed by atoms with Crippen LogP contribution in [0.2, 0.25) is 0 Å². The topological polar surface area (TPSA) is 55.1 Å². The lowest BCUT2D eigenvalue weighted by Crippen LogP contribution is -2.60. The second kappa shape index (κ2) is 4.70. The van der Waals surface area contributed by atoms with Crippen LogP contribution in [-0.4, -0.2) is 25.4 Å². The first kappa shape index (κ1) is 14.7. The number of aryl methyl sites for hydroxylation is 1. The van der Waals surface area contributed by atoms with E-state index in [1.54, 1.807) is 10.8 Å². The van der Waals surface area contributed by atoms with Crippen molar-refractivity contribution in [2.24, 2.45) is 23.2 Å². The first-order valence-corrected chi connectivity index (χ1v) is 9.43. The van der Waals surface area contributed by atoms with E-state index < -0.39 is 0 Å². The molecule has 4 bridgehead atoms. The van der Waals surface area contributed by atoms with E-state index in [1.807, 2.05) is 6.92 Å². The summed E-state index contributed by atoms with van der Waals surface area (Å²) in [7, 11) is 0. The fourth-order valence-electron chi connectivity index (χ4n) is 6.49. The maximum atomic E-state index is 4.48. The molecule has 5 nitrogen and oxygen atoms in total. The number of nitrogens with zero attached hydrogens (tertiary/aromatic N) is 4. The molecule has 5 heteroatoms. The van der Waals surface area contributed by atoms with Crippen molar-refractivity contribution in [3.63, 3.8) is 0 Å². The number of aromatic nitrogens is 4. The van der Waals surface area contributed by atoms with Gasteiger partial charge in [-0.2, -0.15) is 9.61 Å². The molecule has 2 unspecified atom stereocenters. The van der Waals surface area contributed by atoms with E-state index in [4.69, 9.17) is 0 Å². The van der Waals surface area contributed by atoms with Crippen LogP contribution in [0.1, 0.15) is 58.1 Å². The van der Waals surface area contributed by atoms with Gasteiger partial charge >= 0.3 is 0 Å². The molecule has 1 N–H and O–H groups in total. The molecule has 128 valence electrons. The highest BCUT2D eigenvalue weighted by Crippen LogP contribution is 2.64. The summed E-state index contributed by atoms with van der Waals surface area (Å²) >= 11 is 0. The summed E-state index contributed by atoms with van der Waals surface area (Å²) in [4.78, 5) is 0. The predicted octanol–water partition coefficient (Wildman–Crippen LogP) is 3.84. The maximum Gasteiger partial charge on any atom is 0.200 e. The molecule has 4 aliphatic carbocycles. The van der Waals surface area contributed by atoms with Crippen molar-refractivity contribution in [2.45, 2.75) is 64.8 Å². The van der Waals surface area contributed by atoms with E-state index in [-0.39, 0.29) is 5.54 Å². The lowest BCUT2D eigenvalue weighted by atomic mass is 9.44. The van der Waals surface area contributed by atoms with Gasteiger partial charge in [0.2, 0.25) is 5.65 Å². The van der Waals surface area contributed by atoms with Gasteiger partial charge in [0, 0.05) is 5.54 Å². The Morgan fingerprint density at radius 2 is 1.96 bits per heavy atom. The Kier molecular flexibility index (Phi) is 2.88. The van der Waals surface area contributed by atoms with Crippen LogP contribution in [-0.2, 0) is 0 Å². The van der Waals surface area contributed by atoms with E-state index in [2.05, 4.69) is 40.5 Å². The van der Waals surface area contributed by atoms with Crippen molar-refractivity contribution in [2.75, 3.05) is 5.32 Å². The highest BCUT2D eigenvalue weighted by atomic mass is 15.3. The summed E-state index contributed by atoms with van der Waals surface area (Å²) in [5.74, 6) is 2.58. The predicted molar refractivity (Wildman–Crippen MR) is 93.8 cm³/mol. The Hall–Kier alpha value is -1.65. The van der Waals surface area contributed by atoms with Crippen molar-refractivity contribution < 1.29 is 0 Å². The van der Waals surface area contributed by atoms with Crippen molar-refractivity contribution in [3.8, 4) is 0 Å². The van der Waals surface area contributed by atoms with Crippen LogP contribution in [0, 0.1) is 30.1 Å². The van der Waals surface area contributed by atoms with Gasteiger partial charge in [0.05, 0.1) is 11.4 Å². The highest BCUT2D eigenvalue weighted by Gasteiger charge is 2.58. The number of rotatable bonds is 3. The van der Waals surface area contributed by atoms with E-state index in [9.17, 15) is 0 Å². The second-order valence-corrected chi connectivity index (χ2v) is 9.18. The van der Waals surface area contributed by atoms with Crippen LogP contribution in [0.3, 0.4) is 0 Å². The minimum atomic E-state index is 0.245. The van der Waals surface area contributed by atoms with Gasteiger partial charge in [0.25, 0.3) is 0 Å². The monoisotopic (exact) mass is 325 g/mol. The molecule has 2 aromatic rings. The Morgan fingerprint density at radius 1 is 1.21 bits per heavy atom. The van der Waals surface area contributed by atoms with Gasteiger partial charge in [-0.3, -0.25) is 0 Å². The molecule has 0 amide bonds. The Bertz CT molecular complexity index is 778. The van der Waals surface area contributed by atoms with Crippen LogP contribution < -0.4 is 5.32 Å². The quantitative estimate of drug-likeness (QED) is 0.931. The summed E-state index contributed by atoms with van der Waals surface area (Å²) < 4.78 is 1.80. The fourth-order valence-corrected chi connectivity index (χ4v) is 6.49.